The summed E-state index contributed by atoms with van der Waals surface area (Å²) in [6, 6.07) is 17.0. The van der Waals surface area contributed by atoms with E-state index < -0.39 is 6.10 Å². The van der Waals surface area contributed by atoms with Crippen molar-refractivity contribution in [1.29, 1.82) is 0 Å². The molecule has 0 saturated heterocycles. The predicted octanol–water partition coefficient (Wildman–Crippen LogP) is 2.65. The number of rotatable bonds is 8. The van der Waals surface area contributed by atoms with Crippen LogP contribution in [0.2, 0.25) is 0 Å². The Balaban J connectivity index is 1.70. The molecule has 4 nitrogen and oxygen atoms in total. The first kappa shape index (κ1) is 15.4. The summed E-state index contributed by atoms with van der Waals surface area (Å²) >= 11 is 0. The molecule has 1 atom stereocenters. The maximum Gasteiger partial charge on any atom is 0.124 e. The number of benzene rings is 2. The summed E-state index contributed by atoms with van der Waals surface area (Å²) in [6.07, 6.45) is -0.667. The van der Waals surface area contributed by atoms with Gasteiger partial charge in [-0.2, -0.15) is 0 Å². The van der Waals surface area contributed by atoms with Gasteiger partial charge in [0.15, 0.2) is 0 Å². The first-order valence-electron chi connectivity index (χ1n) is 6.85. The van der Waals surface area contributed by atoms with E-state index in [1.165, 1.54) is 0 Å². The van der Waals surface area contributed by atoms with Gasteiger partial charge in [-0.15, -0.1) is 0 Å². The lowest BCUT2D eigenvalue weighted by Crippen LogP contribution is -2.23. The second kappa shape index (κ2) is 8.29. The lowest BCUT2D eigenvalue weighted by Gasteiger charge is -2.13. The highest BCUT2D eigenvalue weighted by Gasteiger charge is 2.07. The fourth-order valence-electron chi connectivity index (χ4n) is 1.88. The van der Waals surface area contributed by atoms with Crippen molar-refractivity contribution in [2.24, 2.45) is 0 Å². The monoisotopic (exact) mass is 288 g/mol. The first-order chi connectivity index (χ1) is 10.3. The van der Waals surface area contributed by atoms with E-state index >= 15 is 0 Å². The van der Waals surface area contributed by atoms with Crippen LogP contribution in [0.1, 0.15) is 5.56 Å². The third kappa shape index (κ3) is 5.10. The van der Waals surface area contributed by atoms with Crippen molar-refractivity contribution < 1.29 is 19.3 Å². The van der Waals surface area contributed by atoms with Crippen molar-refractivity contribution in [3.8, 4) is 11.5 Å². The Hall–Kier alpha value is -2.04. The molecule has 112 valence electrons. The van der Waals surface area contributed by atoms with Gasteiger partial charge in [0.25, 0.3) is 0 Å². The lowest BCUT2D eigenvalue weighted by molar-refractivity contribution is 0.00503. The van der Waals surface area contributed by atoms with Gasteiger partial charge in [-0.1, -0.05) is 36.4 Å². The van der Waals surface area contributed by atoms with Gasteiger partial charge in [-0.3, -0.25) is 0 Å². The van der Waals surface area contributed by atoms with Gasteiger partial charge < -0.3 is 19.3 Å². The quantitative estimate of drug-likeness (QED) is 0.811. The largest absolute Gasteiger partial charge is 0.496 e. The summed E-state index contributed by atoms with van der Waals surface area (Å²) in [5, 5.41) is 9.83. The molecule has 0 radical (unpaired) electrons. The van der Waals surface area contributed by atoms with Crippen molar-refractivity contribution in [3.05, 3.63) is 60.2 Å². The smallest absolute Gasteiger partial charge is 0.124 e. The summed E-state index contributed by atoms with van der Waals surface area (Å²) in [5.74, 6) is 1.52. The number of aliphatic hydroxyl groups excluding tert-OH is 1. The highest BCUT2D eigenvalue weighted by Crippen LogP contribution is 2.18. The van der Waals surface area contributed by atoms with Gasteiger partial charge >= 0.3 is 0 Å². The van der Waals surface area contributed by atoms with Crippen LogP contribution >= 0.6 is 0 Å². The number of para-hydroxylation sites is 2. The average Bonchev–Trinajstić information content (AvgIpc) is 2.54. The molecular formula is C17H20O4. The van der Waals surface area contributed by atoms with Crippen LogP contribution in [0.4, 0.5) is 0 Å². The minimum absolute atomic E-state index is 0.204. The second-order valence-electron chi connectivity index (χ2n) is 4.60. The zero-order chi connectivity index (χ0) is 14.9. The summed E-state index contributed by atoms with van der Waals surface area (Å²) in [4.78, 5) is 0. The normalized spacial score (nSPS) is 11.9. The van der Waals surface area contributed by atoms with Gasteiger partial charge in [0.05, 0.1) is 20.3 Å². The first-order valence-corrected chi connectivity index (χ1v) is 6.85. The van der Waals surface area contributed by atoms with Crippen LogP contribution < -0.4 is 9.47 Å². The van der Waals surface area contributed by atoms with E-state index in [9.17, 15) is 5.11 Å². The summed E-state index contributed by atoms with van der Waals surface area (Å²) in [5.41, 5.74) is 0.955. The number of ether oxygens (including phenoxy) is 3. The summed E-state index contributed by atoms with van der Waals surface area (Å²) in [7, 11) is 1.63. The van der Waals surface area contributed by atoms with Crippen LogP contribution in [0.15, 0.2) is 54.6 Å². The number of methoxy groups -OCH3 is 1. The minimum Gasteiger partial charge on any atom is -0.496 e. The van der Waals surface area contributed by atoms with E-state index in [0.717, 1.165) is 17.1 Å². The van der Waals surface area contributed by atoms with Crippen molar-refractivity contribution in [1.82, 2.24) is 0 Å². The Morgan fingerprint density at radius 1 is 0.952 bits per heavy atom. The molecule has 4 heteroatoms. The average molecular weight is 288 g/mol. The molecule has 0 aromatic heterocycles. The van der Waals surface area contributed by atoms with Crippen LogP contribution in [0, 0.1) is 0 Å². The summed E-state index contributed by atoms with van der Waals surface area (Å²) in [6.45, 7) is 0.813. The Kier molecular flexibility index (Phi) is 6.06. The van der Waals surface area contributed by atoms with E-state index in [1.54, 1.807) is 7.11 Å². The molecule has 0 heterocycles. The van der Waals surface area contributed by atoms with Crippen LogP contribution in [-0.2, 0) is 11.3 Å². The topological polar surface area (TPSA) is 47.9 Å². The van der Waals surface area contributed by atoms with Gasteiger partial charge in [-0.05, 0) is 18.2 Å². The maximum absolute atomic E-state index is 9.83. The predicted molar refractivity (Wildman–Crippen MR) is 80.6 cm³/mol. The minimum atomic E-state index is -0.667. The maximum atomic E-state index is 9.83. The lowest BCUT2D eigenvalue weighted by atomic mass is 10.2. The van der Waals surface area contributed by atoms with Crippen molar-refractivity contribution in [3.63, 3.8) is 0 Å². The molecule has 0 amide bonds. The second-order valence-corrected chi connectivity index (χ2v) is 4.60. The molecule has 2 aromatic rings. The van der Waals surface area contributed by atoms with Gasteiger partial charge in [0, 0.05) is 5.56 Å². The van der Waals surface area contributed by atoms with Crippen molar-refractivity contribution in [2.45, 2.75) is 12.7 Å². The molecule has 2 rings (SSSR count). The van der Waals surface area contributed by atoms with Gasteiger partial charge in [0.2, 0.25) is 0 Å². The SMILES string of the molecule is COc1ccccc1COCC(O)COc1ccccc1. The molecular weight excluding hydrogens is 268 g/mol. The molecule has 0 aliphatic heterocycles. The third-order valence-electron chi connectivity index (χ3n) is 2.95. The van der Waals surface area contributed by atoms with E-state index in [1.807, 2.05) is 54.6 Å². The number of aliphatic hydroxyl groups is 1. The highest BCUT2D eigenvalue weighted by atomic mass is 16.5. The zero-order valence-electron chi connectivity index (χ0n) is 12.1. The molecule has 1 N–H and O–H groups in total. The zero-order valence-corrected chi connectivity index (χ0v) is 12.1. The Labute approximate surface area is 124 Å². The van der Waals surface area contributed by atoms with E-state index in [4.69, 9.17) is 14.2 Å². The van der Waals surface area contributed by atoms with Crippen LogP contribution in [0.25, 0.3) is 0 Å². The highest BCUT2D eigenvalue weighted by molar-refractivity contribution is 5.32. The number of hydrogen-bond donors (Lipinski definition) is 1. The van der Waals surface area contributed by atoms with E-state index in [2.05, 4.69) is 0 Å². The fourth-order valence-corrected chi connectivity index (χ4v) is 1.88. The molecule has 0 fully saturated rings. The number of hydrogen-bond acceptors (Lipinski definition) is 4. The van der Waals surface area contributed by atoms with Gasteiger partial charge in [-0.25, -0.2) is 0 Å². The molecule has 0 aliphatic rings. The molecule has 2 aromatic carbocycles. The van der Waals surface area contributed by atoms with Crippen molar-refractivity contribution >= 4 is 0 Å². The van der Waals surface area contributed by atoms with Gasteiger partial charge in [0.1, 0.15) is 24.2 Å². The van der Waals surface area contributed by atoms with Crippen LogP contribution in [-0.4, -0.2) is 31.5 Å². The molecule has 1 unspecified atom stereocenters. The van der Waals surface area contributed by atoms with Crippen LogP contribution in [0.3, 0.4) is 0 Å². The third-order valence-corrected chi connectivity index (χ3v) is 2.95. The Morgan fingerprint density at radius 2 is 1.67 bits per heavy atom. The van der Waals surface area contributed by atoms with E-state index in [0.29, 0.717) is 6.61 Å². The van der Waals surface area contributed by atoms with E-state index in [-0.39, 0.29) is 13.2 Å². The molecule has 0 saturated carbocycles. The fraction of sp³-hybridized carbons (Fsp3) is 0.294. The molecule has 21 heavy (non-hydrogen) atoms. The standard InChI is InChI=1S/C17H20O4/c1-19-17-10-6-5-7-14(17)11-20-12-15(18)13-21-16-8-3-2-4-9-16/h2-10,15,18H,11-13H2,1H3. The summed E-state index contributed by atoms with van der Waals surface area (Å²) < 4.78 is 16.2. The van der Waals surface area contributed by atoms with Crippen LogP contribution in [0.5, 0.6) is 11.5 Å². The molecule has 0 bridgehead atoms. The van der Waals surface area contributed by atoms with Crippen molar-refractivity contribution in [2.75, 3.05) is 20.3 Å². The molecule has 0 spiro atoms. The molecule has 0 aliphatic carbocycles. The Morgan fingerprint density at radius 3 is 2.43 bits per heavy atom. The Bertz CT molecular complexity index is 527.